The highest BCUT2D eigenvalue weighted by Crippen LogP contribution is 2.20. The van der Waals surface area contributed by atoms with Crippen LogP contribution in [-0.4, -0.2) is 28.0 Å². The highest BCUT2D eigenvalue weighted by atomic mass is 16.3. The van der Waals surface area contributed by atoms with Crippen molar-refractivity contribution in [3.63, 3.8) is 0 Å². The molecule has 1 aromatic heterocycles. The molecule has 0 fully saturated rings. The van der Waals surface area contributed by atoms with E-state index in [0.29, 0.717) is 13.0 Å². The third kappa shape index (κ3) is 2.08. The van der Waals surface area contributed by atoms with E-state index >= 15 is 0 Å². The lowest BCUT2D eigenvalue weighted by atomic mass is 9.97. The molecule has 74 valence electrons. The maximum absolute atomic E-state index is 8.84. The van der Waals surface area contributed by atoms with Crippen molar-refractivity contribution in [2.45, 2.75) is 19.3 Å². The Morgan fingerprint density at radius 2 is 2.38 bits per heavy atom. The summed E-state index contributed by atoms with van der Waals surface area (Å²) in [5, 5.41) is 13.0. The van der Waals surface area contributed by atoms with E-state index in [1.54, 1.807) is 0 Å². The number of nitrogens with two attached hydrogens (primary N) is 1. The quantitative estimate of drug-likeness (QED) is 0.698. The van der Waals surface area contributed by atoms with Gasteiger partial charge in [0.05, 0.1) is 6.20 Å². The summed E-state index contributed by atoms with van der Waals surface area (Å²) in [6.07, 6.45) is 2.55. The zero-order valence-electron chi connectivity index (χ0n) is 8.20. The van der Waals surface area contributed by atoms with Crippen LogP contribution in [0.4, 0.5) is 0 Å². The Balaban J connectivity index is 2.84. The standard InChI is InChI=1S/C9H17N3O/c1-7-9(6-11-12(7)2)8(5-10)3-4-13/h6,8,13H,3-5,10H2,1-2H3. The fraction of sp³-hybridized carbons (Fsp3) is 0.667. The molecule has 0 saturated heterocycles. The summed E-state index contributed by atoms with van der Waals surface area (Å²) in [6.45, 7) is 2.76. The minimum absolute atomic E-state index is 0.177. The molecule has 4 heteroatoms. The normalized spacial score (nSPS) is 13.2. The van der Waals surface area contributed by atoms with Crippen molar-refractivity contribution in [3.05, 3.63) is 17.5 Å². The van der Waals surface area contributed by atoms with Crippen molar-refractivity contribution in [2.24, 2.45) is 12.8 Å². The molecular formula is C9H17N3O. The Morgan fingerprint density at radius 3 is 2.77 bits per heavy atom. The third-order valence-corrected chi connectivity index (χ3v) is 2.48. The number of rotatable bonds is 4. The molecule has 0 saturated carbocycles. The highest BCUT2D eigenvalue weighted by Gasteiger charge is 2.14. The largest absolute Gasteiger partial charge is 0.396 e. The highest BCUT2D eigenvalue weighted by molar-refractivity contribution is 5.21. The third-order valence-electron chi connectivity index (χ3n) is 2.48. The molecule has 0 aromatic carbocycles. The predicted molar refractivity (Wildman–Crippen MR) is 51.4 cm³/mol. The van der Waals surface area contributed by atoms with Crippen LogP contribution in [0.5, 0.6) is 0 Å². The zero-order valence-corrected chi connectivity index (χ0v) is 8.20. The summed E-state index contributed by atoms with van der Waals surface area (Å²) in [5.41, 5.74) is 7.90. The van der Waals surface area contributed by atoms with Gasteiger partial charge >= 0.3 is 0 Å². The van der Waals surface area contributed by atoms with Crippen LogP contribution in [0.2, 0.25) is 0 Å². The van der Waals surface area contributed by atoms with Crippen LogP contribution in [0.1, 0.15) is 23.6 Å². The average Bonchev–Trinajstić information content (AvgIpc) is 2.45. The van der Waals surface area contributed by atoms with Crippen LogP contribution in [-0.2, 0) is 7.05 Å². The molecule has 3 N–H and O–H groups in total. The van der Waals surface area contributed by atoms with E-state index in [9.17, 15) is 0 Å². The zero-order chi connectivity index (χ0) is 9.84. The van der Waals surface area contributed by atoms with E-state index in [4.69, 9.17) is 10.8 Å². The fourth-order valence-corrected chi connectivity index (χ4v) is 1.47. The molecular weight excluding hydrogens is 166 g/mol. The van der Waals surface area contributed by atoms with E-state index < -0.39 is 0 Å². The Labute approximate surface area is 78.4 Å². The summed E-state index contributed by atoms with van der Waals surface area (Å²) in [6, 6.07) is 0. The summed E-state index contributed by atoms with van der Waals surface area (Å²) in [5.74, 6) is 0.235. The van der Waals surface area contributed by atoms with Gasteiger partial charge in [-0.25, -0.2) is 0 Å². The first-order chi connectivity index (χ1) is 6.20. The molecule has 13 heavy (non-hydrogen) atoms. The molecule has 0 aliphatic carbocycles. The number of aliphatic hydroxyl groups excluding tert-OH is 1. The number of aliphatic hydroxyl groups is 1. The van der Waals surface area contributed by atoms with Gasteiger partial charge in [0, 0.05) is 25.3 Å². The van der Waals surface area contributed by atoms with E-state index in [1.165, 1.54) is 0 Å². The summed E-state index contributed by atoms with van der Waals surface area (Å²) in [4.78, 5) is 0. The van der Waals surface area contributed by atoms with Gasteiger partial charge in [0.2, 0.25) is 0 Å². The predicted octanol–water partition coefficient (Wildman–Crippen LogP) is 0.153. The number of nitrogens with zero attached hydrogens (tertiary/aromatic N) is 2. The number of aryl methyl sites for hydroxylation is 1. The van der Waals surface area contributed by atoms with Gasteiger partial charge in [0.25, 0.3) is 0 Å². The molecule has 4 nitrogen and oxygen atoms in total. The molecule has 0 aliphatic rings. The topological polar surface area (TPSA) is 64.1 Å². The van der Waals surface area contributed by atoms with Crippen LogP contribution in [0, 0.1) is 6.92 Å². The summed E-state index contributed by atoms with van der Waals surface area (Å²) >= 11 is 0. The monoisotopic (exact) mass is 183 g/mol. The average molecular weight is 183 g/mol. The van der Waals surface area contributed by atoms with Gasteiger partial charge in [-0.1, -0.05) is 0 Å². The van der Waals surface area contributed by atoms with Crippen LogP contribution < -0.4 is 5.73 Å². The number of hydrogen-bond acceptors (Lipinski definition) is 3. The molecule has 0 aliphatic heterocycles. The van der Waals surface area contributed by atoms with E-state index in [-0.39, 0.29) is 12.5 Å². The first kappa shape index (κ1) is 10.2. The van der Waals surface area contributed by atoms with Crippen molar-refractivity contribution >= 4 is 0 Å². The van der Waals surface area contributed by atoms with Gasteiger partial charge in [-0.05, 0) is 25.5 Å². The van der Waals surface area contributed by atoms with Gasteiger partial charge in [0.15, 0.2) is 0 Å². The Hall–Kier alpha value is -0.870. The number of hydrogen-bond donors (Lipinski definition) is 2. The minimum atomic E-state index is 0.177. The van der Waals surface area contributed by atoms with Crippen molar-refractivity contribution in [2.75, 3.05) is 13.2 Å². The summed E-state index contributed by atoms with van der Waals surface area (Å²) in [7, 11) is 1.91. The van der Waals surface area contributed by atoms with Gasteiger partial charge < -0.3 is 10.8 Å². The molecule has 0 amide bonds. The lowest BCUT2D eigenvalue weighted by Gasteiger charge is -2.12. The minimum Gasteiger partial charge on any atom is -0.396 e. The second-order valence-electron chi connectivity index (χ2n) is 3.25. The molecule has 0 radical (unpaired) electrons. The van der Waals surface area contributed by atoms with Crippen molar-refractivity contribution in [1.82, 2.24) is 9.78 Å². The maximum atomic E-state index is 8.84. The van der Waals surface area contributed by atoms with Crippen LogP contribution in [0.3, 0.4) is 0 Å². The van der Waals surface area contributed by atoms with Gasteiger partial charge in [-0.15, -0.1) is 0 Å². The van der Waals surface area contributed by atoms with Gasteiger partial charge in [-0.3, -0.25) is 4.68 Å². The first-order valence-corrected chi connectivity index (χ1v) is 4.50. The van der Waals surface area contributed by atoms with Crippen molar-refractivity contribution in [3.8, 4) is 0 Å². The first-order valence-electron chi connectivity index (χ1n) is 4.50. The molecule has 1 atom stereocenters. The second kappa shape index (κ2) is 4.39. The van der Waals surface area contributed by atoms with Crippen molar-refractivity contribution in [1.29, 1.82) is 0 Å². The molecule has 1 unspecified atom stereocenters. The molecule has 1 heterocycles. The maximum Gasteiger partial charge on any atom is 0.0527 e. The molecule has 1 aromatic rings. The van der Waals surface area contributed by atoms with Crippen LogP contribution in [0.25, 0.3) is 0 Å². The molecule has 0 bridgehead atoms. The lowest BCUT2D eigenvalue weighted by Crippen LogP contribution is -2.14. The van der Waals surface area contributed by atoms with Crippen LogP contribution in [0.15, 0.2) is 6.20 Å². The van der Waals surface area contributed by atoms with Crippen molar-refractivity contribution < 1.29 is 5.11 Å². The van der Waals surface area contributed by atoms with E-state index in [1.807, 2.05) is 24.9 Å². The fourth-order valence-electron chi connectivity index (χ4n) is 1.47. The van der Waals surface area contributed by atoms with Crippen LogP contribution >= 0.6 is 0 Å². The smallest absolute Gasteiger partial charge is 0.0527 e. The number of aromatic nitrogens is 2. The molecule has 1 rings (SSSR count). The SMILES string of the molecule is Cc1c(C(CN)CCO)cnn1C. The Bertz CT molecular complexity index is 270. The van der Waals surface area contributed by atoms with Gasteiger partial charge in [0.1, 0.15) is 0 Å². The Kier molecular flexibility index (Phi) is 3.45. The Morgan fingerprint density at radius 1 is 1.69 bits per heavy atom. The van der Waals surface area contributed by atoms with E-state index in [0.717, 1.165) is 11.3 Å². The summed E-state index contributed by atoms with van der Waals surface area (Å²) < 4.78 is 1.83. The lowest BCUT2D eigenvalue weighted by molar-refractivity contribution is 0.276. The van der Waals surface area contributed by atoms with Gasteiger partial charge in [-0.2, -0.15) is 5.10 Å². The molecule has 0 spiro atoms. The van der Waals surface area contributed by atoms with E-state index in [2.05, 4.69) is 5.10 Å². The second-order valence-corrected chi connectivity index (χ2v) is 3.25.